The van der Waals surface area contributed by atoms with Crippen molar-refractivity contribution in [1.82, 2.24) is 19.7 Å². The first kappa shape index (κ1) is 21.0. The van der Waals surface area contributed by atoms with E-state index in [-0.39, 0.29) is 23.9 Å². The molecule has 0 radical (unpaired) electrons. The van der Waals surface area contributed by atoms with E-state index in [1.807, 2.05) is 17.5 Å². The number of hydrogen-bond acceptors (Lipinski definition) is 6. The maximum Gasteiger partial charge on any atom is 0.233 e. The van der Waals surface area contributed by atoms with Crippen LogP contribution in [0.3, 0.4) is 0 Å². The average Bonchev–Trinajstić information content (AvgIpc) is 3.33. The highest BCUT2D eigenvalue weighted by molar-refractivity contribution is 7.99. The van der Waals surface area contributed by atoms with Gasteiger partial charge in [-0.05, 0) is 29.1 Å². The number of halogens is 1. The van der Waals surface area contributed by atoms with Gasteiger partial charge in [0.15, 0.2) is 11.0 Å². The molecular formula is C19H20FN5O2S2. The Hall–Kier alpha value is -2.72. The smallest absolute Gasteiger partial charge is 0.233 e. The molecule has 10 heteroatoms. The molecule has 2 heterocycles. The van der Waals surface area contributed by atoms with Crippen LogP contribution in [0.5, 0.6) is 0 Å². The summed E-state index contributed by atoms with van der Waals surface area (Å²) < 4.78 is 15.1. The monoisotopic (exact) mass is 433 g/mol. The van der Waals surface area contributed by atoms with Crippen LogP contribution in [0.15, 0.2) is 46.9 Å². The van der Waals surface area contributed by atoms with Crippen LogP contribution in [0.4, 0.5) is 4.39 Å². The van der Waals surface area contributed by atoms with Gasteiger partial charge in [0.05, 0.1) is 10.6 Å². The first-order valence-electron chi connectivity index (χ1n) is 8.80. The molecule has 0 aliphatic rings. The number of carbonyl (C=O) groups excluding carboxylic acids is 2. The molecule has 0 aliphatic heterocycles. The van der Waals surface area contributed by atoms with Crippen molar-refractivity contribution in [3.8, 4) is 10.7 Å². The van der Waals surface area contributed by atoms with Crippen LogP contribution in [0.1, 0.15) is 12.0 Å². The number of nitrogens with zero attached hydrogens (tertiary/aromatic N) is 4. The molecule has 3 rings (SSSR count). The number of amides is 2. The molecule has 2 amide bonds. The van der Waals surface area contributed by atoms with Crippen molar-refractivity contribution in [2.75, 3.05) is 12.8 Å². The molecule has 0 fully saturated rings. The molecule has 29 heavy (non-hydrogen) atoms. The molecule has 0 saturated carbocycles. The van der Waals surface area contributed by atoms with Gasteiger partial charge in [-0.25, -0.2) is 4.39 Å². The zero-order valence-electron chi connectivity index (χ0n) is 15.7. The standard InChI is InChI=1S/C19H20FN5O2S2/c1-24(11-13-4-2-5-14(20)10-13)17(27)12-29-19-23-22-18(15-6-3-9-28-15)25(19)8-7-16(21)26/h2-6,9-10H,7-8,11-12H2,1H3,(H2,21,26). The number of carbonyl (C=O) groups is 2. The van der Waals surface area contributed by atoms with Gasteiger partial charge in [0.1, 0.15) is 5.82 Å². The van der Waals surface area contributed by atoms with E-state index in [0.29, 0.717) is 24.1 Å². The Labute approximate surface area is 175 Å². The SMILES string of the molecule is CN(Cc1cccc(F)c1)C(=O)CSc1nnc(-c2cccs2)n1CCC(N)=O. The van der Waals surface area contributed by atoms with E-state index >= 15 is 0 Å². The van der Waals surface area contributed by atoms with Crippen molar-refractivity contribution in [3.05, 3.63) is 53.2 Å². The first-order valence-corrected chi connectivity index (χ1v) is 10.7. The summed E-state index contributed by atoms with van der Waals surface area (Å²) in [7, 11) is 1.67. The molecule has 0 bridgehead atoms. The van der Waals surface area contributed by atoms with E-state index in [1.165, 1.54) is 40.1 Å². The Morgan fingerprint density at radius 1 is 1.28 bits per heavy atom. The molecule has 0 aliphatic carbocycles. The third-order valence-electron chi connectivity index (χ3n) is 4.10. The highest BCUT2D eigenvalue weighted by Crippen LogP contribution is 2.27. The quantitative estimate of drug-likeness (QED) is 0.524. The fraction of sp³-hybridized carbons (Fsp3) is 0.263. The first-order chi connectivity index (χ1) is 13.9. The number of hydrogen-bond donors (Lipinski definition) is 1. The maximum atomic E-state index is 13.3. The molecule has 2 N–H and O–H groups in total. The second-order valence-corrected chi connectivity index (χ2v) is 8.21. The Balaban J connectivity index is 1.67. The van der Waals surface area contributed by atoms with Gasteiger partial charge in [0.25, 0.3) is 0 Å². The summed E-state index contributed by atoms with van der Waals surface area (Å²) >= 11 is 2.76. The van der Waals surface area contributed by atoms with Gasteiger partial charge in [-0.15, -0.1) is 21.5 Å². The zero-order chi connectivity index (χ0) is 20.8. The van der Waals surface area contributed by atoms with Gasteiger partial charge in [-0.1, -0.05) is 30.0 Å². The van der Waals surface area contributed by atoms with Gasteiger partial charge in [-0.3, -0.25) is 9.59 Å². The minimum atomic E-state index is -0.419. The molecule has 2 aromatic heterocycles. The van der Waals surface area contributed by atoms with Crippen molar-refractivity contribution in [2.24, 2.45) is 5.73 Å². The highest BCUT2D eigenvalue weighted by atomic mass is 32.2. The van der Waals surface area contributed by atoms with Crippen molar-refractivity contribution in [3.63, 3.8) is 0 Å². The van der Waals surface area contributed by atoms with Crippen LogP contribution >= 0.6 is 23.1 Å². The van der Waals surface area contributed by atoms with E-state index in [0.717, 1.165) is 10.4 Å². The number of benzene rings is 1. The number of thioether (sulfide) groups is 1. The van der Waals surface area contributed by atoms with E-state index in [2.05, 4.69) is 10.2 Å². The lowest BCUT2D eigenvalue weighted by Gasteiger charge is -2.17. The van der Waals surface area contributed by atoms with E-state index in [4.69, 9.17) is 5.73 Å². The van der Waals surface area contributed by atoms with Gasteiger partial charge in [-0.2, -0.15) is 0 Å². The van der Waals surface area contributed by atoms with E-state index in [1.54, 1.807) is 23.7 Å². The molecular weight excluding hydrogens is 413 g/mol. The normalized spacial score (nSPS) is 10.8. The van der Waals surface area contributed by atoms with Gasteiger partial charge in [0.2, 0.25) is 11.8 Å². The molecule has 0 saturated heterocycles. The lowest BCUT2D eigenvalue weighted by Crippen LogP contribution is -2.28. The van der Waals surface area contributed by atoms with Crippen LogP contribution in [-0.2, 0) is 22.7 Å². The summed E-state index contributed by atoms with van der Waals surface area (Å²) in [5.74, 6) is -0.0879. The third-order valence-corrected chi connectivity index (χ3v) is 5.92. The lowest BCUT2D eigenvalue weighted by molar-refractivity contribution is -0.127. The average molecular weight is 434 g/mol. The van der Waals surface area contributed by atoms with Crippen molar-refractivity contribution < 1.29 is 14.0 Å². The summed E-state index contributed by atoms with van der Waals surface area (Å²) in [4.78, 5) is 26.2. The highest BCUT2D eigenvalue weighted by Gasteiger charge is 2.18. The van der Waals surface area contributed by atoms with E-state index < -0.39 is 5.91 Å². The fourth-order valence-electron chi connectivity index (χ4n) is 2.64. The molecule has 152 valence electrons. The van der Waals surface area contributed by atoms with Crippen LogP contribution in [0, 0.1) is 5.82 Å². The second-order valence-electron chi connectivity index (χ2n) is 6.32. The molecule has 7 nitrogen and oxygen atoms in total. The predicted octanol–water partition coefficient (Wildman–Crippen LogP) is 2.77. The Morgan fingerprint density at radius 2 is 2.10 bits per heavy atom. The molecule has 0 unspecified atom stereocenters. The van der Waals surface area contributed by atoms with Crippen molar-refractivity contribution in [2.45, 2.75) is 24.7 Å². The number of primary amides is 1. The molecule has 0 atom stereocenters. The predicted molar refractivity (Wildman–Crippen MR) is 111 cm³/mol. The van der Waals surface area contributed by atoms with Crippen molar-refractivity contribution in [1.29, 1.82) is 0 Å². The lowest BCUT2D eigenvalue weighted by atomic mass is 10.2. The van der Waals surface area contributed by atoms with Gasteiger partial charge >= 0.3 is 0 Å². The summed E-state index contributed by atoms with van der Waals surface area (Å²) in [5.41, 5.74) is 6.01. The Kier molecular flexibility index (Phi) is 6.99. The zero-order valence-corrected chi connectivity index (χ0v) is 17.4. The number of thiophene rings is 1. The summed E-state index contributed by atoms with van der Waals surface area (Å²) in [6, 6.07) is 9.99. The van der Waals surface area contributed by atoms with E-state index in [9.17, 15) is 14.0 Å². The topological polar surface area (TPSA) is 94.1 Å². The minimum Gasteiger partial charge on any atom is -0.370 e. The molecule has 1 aromatic carbocycles. The Bertz CT molecular complexity index is 990. The van der Waals surface area contributed by atoms with Crippen molar-refractivity contribution >= 4 is 34.9 Å². The van der Waals surface area contributed by atoms with Crippen LogP contribution in [0.2, 0.25) is 0 Å². The van der Waals surface area contributed by atoms with Crippen LogP contribution in [-0.4, -0.2) is 44.3 Å². The summed E-state index contributed by atoms with van der Waals surface area (Å²) in [6.45, 7) is 0.650. The third kappa shape index (κ3) is 5.64. The van der Waals surface area contributed by atoms with Crippen LogP contribution in [0.25, 0.3) is 10.7 Å². The summed E-state index contributed by atoms with van der Waals surface area (Å²) in [6.07, 6.45) is 0.150. The largest absolute Gasteiger partial charge is 0.370 e. The molecule has 0 spiro atoms. The van der Waals surface area contributed by atoms with Gasteiger partial charge in [0, 0.05) is 26.6 Å². The maximum absolute atomic E-state index is 13.3. The number of nitrogens with two attached hydrogens (primary N) is 1. The molecule has 3 aromatic rings. The Morgan fingerprint density at radius 3 is 2.79 bits per heavy atom. The second kappa shape index (κ2) is 9.66. The van der Waals surface area contributed by atoms with Crippen LogP contribution < -0.4 is 5.73 Å². The summed E-state index contributed by atoms with van der Waals surface area (Å²) in [5, 5.41) is 10.9. The number of rotatable bonds is 9. The minimum absolute atomic E-state index is 0.124. The number of aromatic nitrogens is 3. The fourth-order valence-corrected chi connectivity index (χ4v) is 4.26. The van der Waals surface area contributed by atoms with Gasteiger partial charge < -0.3 is 15.2 Å².